The van der Waals surface area contributed by atoms with Gasteiger partial charge in [0.15, 0.2) is 5.69 Å². The summed E-state index contributed by atoms with van der Waals surface area (Å²) >= 11 is 0. The molecule has 2 aromatic carbocycles. The summed E-state index contributed by atoms with van der Waals surface area (Å²) in [5.41, 5.74) is 7.85. The SMILES string of the molecule is NC(=O)c1cc(-c2cccnc2)n(Cc2ccc(S(=O)(=O)c3ccccc3)cc2)n1. The fourth-order valence-corrected chi connectivity index (χ4v) is 4.37. The maximum absolute atomic E-state index is 12.7. The van der Waals surface area contributed by atoms with E-state index in [9.17, 15) is 13.2 Å². The van der Waals surface area contributed by atoms with Crippen molar-refractivity contribution in [2.24, 2.45) is 5.73 Å². The number of carbonyl (C=O) groups excluding carboxylic acids is 1. The molecular weight excluding hydrogens is 400 g/mol. The molecule has 0 aliphatic rings. The quantitative estimate of drug-likeness (QED) is 0.518. The van der Waals surface area contributed by atoms with Crippen LogP contribution in [0.1, 0.15) is 16.1 Å². The zero-order valence-corrected chi connectivity index (χ0v) is 16.7. The number of aromatic nitrogens is 3. The minimum absolute atomic E-state index is 0.150. The van der Waals surface area contributed by atoms with Crippen molar-refractivity contribution in [3.05, 3.63) is 96.4 Å². The molecule has 1 amide bonds. The number of benzene rings is 2. The van der Waals surface area contributed by atoms with Gasteiger partial charge < -0.3 is 5.73 Å². The van der Waals surface area contributed by atoms with Crippen molar-refractivity contribution in [2.75, 3.05) is 0 Å². The van der Waals surface area contributed by atoms with Crippen LogP contribution in [0.5, 0.6) is 0 Å². The van der Waals surface area contributed by atoms with Gasteiger partial charge in [0.25, 0.3) is 5.91 Å². The summed E-state index contributed by atoms with van der Waals surface area (Å²) in [6.07, 6.45) is 3.33. The molecule has 0 radical (unpaired) electrons. The molecule has 2 N–H and O–H groups in total. The minimum atomic E-state index is -3.58. The average molecular weight is 418 g/mol. The van der Waals surface area contributed by atoms with Gasteiger partial charge in [0, 0.05) is 18.0 Å². The van der Waals surface area contributed by atoms with Crippen molar-refractivity contribution < 1.29 is 13.2 Å². The van der Waals surface area contributed by atoms with Crippen LogP contribution in [0.15, 0.2) is 95.0 Å². The molecule has 2 heterocycles. The number of nitrogens with two attached hydrogens (primary N) is 1. The fraction of sp³-hybridized carbons (Fsp3) is 0.0455. The minimum Gasteiger partial charge on any atom is -0.364 e. The molecule has 0 spiro atoms. The highest BCUT2D eigenvalue weighted by atomic mass is 32.2. The number of primary amides is 1. The van der Waals surface area contributed by atoms with Gasteiger partial charge in [-0.3, -0.25) is 14.5 Å². The van der Waals surface area contributed by atoms with Crippen LogP contribution >= 0.6 is 0 Å². The number of amides is 1. The van der Waals surface area contributed by atoms with Crippen molar-refractivity contribution in [2.45, 2.75) is 16.3 Å². The summed E-state index contributed by atoms with van der Waals surface area (Å²) in [7, 11) is -3.58. The Morgan fingerprint density at radius 3 is 2.27 bits per heavy atom. The molecule has 7 nitrogen and oxygen atoms in total. The largest absolute Gasteiger partial charge is 0.364 e. The number of sulfone groups is 1. The van der Waals surface area contributed by atoms with Gasteiger partial charge in [0.2, 0.25) is 9.84 Å². The number of carbonyl (C=O) groups is 1. The first-order chi connectivity index (χ1) is 14.4. The van der Waals surface area contributed by atoms with Gasteiger partial charge in [-0.25, -0.2) is 8.42 Å². The van der Waals surface area contributed by atoms with Crippen LogP contribution in [0.25, 0.3) is 11.3 Å². The van der Waals surface area contributed by atoms with Crippen molar-refractivity contribution in [1.82, 2.24) is 14.8 Å². The molecule has 8 heteroatoms. The maximum Gasteiger partial charge on any atom is 0.269 e. The predicted molar refractivity (Wildman–Crippen MR) is 111 cm³/mol. The van der Waals surface area contributed by atoms with E-state index < -0.39 is 15.7 Å². The first kappa shape index (κ1) is 19.5. The zero-order chi connectivity index (χ0) is 21.1. The number of pyridine rings is 1. The molecule has 0 fully saturated rings. The lowest BCUT2D eigenvalue weighted by Gasteiger charge is -2.09. The van der Waals surface area contributed by atoms with Crippen LogP contribution in [0.3, 0.4) is 0 Å². The Bertz CT molecular complexity index is 1280. The molecule has 0 aliphatic carbocycles. The van der Waals surface area contributed by atoms with Crippen LogP contribution in [0.2, 0.25) is 0 Å². The Hall–Kier alpha value is -3.78. The van der Waals surface area contributed by atoms with Gasteiger partial charge in [0.1, 0.15) is 0 Å². The van der Waals surface area contributed by atoms with Crippen LogP contribution in [0.4, 0.5) is 0 Å². The number of hydrogen-bond donors (Lipinski definition) is 1. The second kappa shape index (κ2) is 7.92. The molecule has 30 heavy (non-hydrogen) atoms. The second-order valence-corrected chi connectivity index (χ2v) is 8.59. The molecule has 0 aliphatic heterocycles. The Labute approximate surface area is 173 Å². The van der Waals surface area contributed by atoms with Crippen LogP contribution < -0.4 is 5.73 Å². The number of hydrogen-bond acceptors (Lipinski definition) is 5. The van der Waals surface area contributed by atoms with E-state index in [1.807, 2.05) is 6.07 Å². The number of nitrogens with zero attached hydrogens (tertiary/aromatic N) is 3. The zero-order valence-electron chi connectivity index (χ0n) is 15.8. The Morgan fingerprint density at radius 1 is 0.933 bits per heavy atom. The van der Waals surface area contributed by atoms with E-state index in [-0.39, 0.29) is 15.5 Å². The lowest BCUT2D eigenvalue weighted by Crippen LogP contribution is -2.13. The van der Waals surface area contributed by atoms with E-state index in [0.29, 0.717) is 12.2 Å². The summed E-state index contributed by atoms with van der Waals surface area (Å²) in [6, 6.07) is 20.2. The van der Waals surface area contributed by atoms with Crippen LogP contribution in [0, 0.1) is 0 Å². The van der Waals surface area contributed by atoms with Crippen molar-refractivity contribution >= 4 is 15.7 Å². The van der Waals surface area contributed by atoms with Crippen LogP contribution in [-0.4, -0.2) is 29.1 Å². The lowest BCUT2D eigenvalue weighted by atomic mass is 10.2. The molecule has 0 bridgehead atoms. The summed E-state index contributed by atoms with van der Waals surface area (Å²) in [5.74, 6) is -0.622. The topological polar surface area (TPSA) is 108 Å². The van der Waals surface area contributed by atoms with Crippen molar-refractivity contribution in [3.63, 3.8) is 0 Å². The first-order valence-electron chi connectivity index (χ1n) is 9.12. The van der Waals surface area contributed by atoms with Crippen molar-refractivity contribution in [3.8, 4) is 11.3 Å². The fourth-order valence-electron chi connectivity index (χ4n) is 3.09. The van der Waals surface area contributed by atoms with E-state index in [1.54, 1.807) is 83.8 Å². The molecule has 0 atom stereocenters. The van der Waals surface area contributed by atoms with Gasteiger partial charge >= 0.3 is 0 Å². The second-order valence-electron chi connectivity index (χ2n) is 6.64. The van der Waals surface area contributed by atoms with Crippen LogP contribution in [-0.2, 0) is 16.4 Å². The molecule has 4 aromatic rings. The molecule has 2 aromatic heterocycles. The Kier molecular flexibility index (Phi) is 5.16. The molecule has 0 saturated carbocycles. The third-order valence-corrected chi connectivity index (χ3v) is 6.39. The molecular formula is C22H18N4O3S. The van der Waals surface area contributed by atoms with Gasteiger partial charge in [-0.05, 0) is 48.0 Å². The summed E-state index contributed by atoms with van der Waals surface area (Å²) < 4.78 is 27.1. The van der Waals surface area contributed by atoms with Gasteiger partial charge in [0.05, 0.1) is 22.0 Å². The summed E-state index contributed by atoms with van der Waals surface area (Å²) in [4.78, 5) is 16.2. The highest BCUT2D eigenvalue weighted by Gasteiger charge is 2.18. The van der Waals surface area contributed by atoms with Gasteiger partial charge in [-0.15, -0.1) is 0 Å². The smallest absolute Gasteiger partial charge is 0.269 e. The molecule has 0 unspecified atom stereocenters. The third kappa shape index (κ3) is 3.85. The lowest BCUT2D eigenvalue weighted by molar-refractivity contribution is 0.0994. The Balaban J connectivity index is 1.65. The summed E-state index contributed by atoms with van der Waals surface area (Å²) in [5, 5.41) is 4.30. The third-order valence-electron chi connectivity index (χ3n) is 4.61. The highest BCUT2D eigenvalue weighted by molar-refractivity contribution is 7.91. The highest BCUT2D eigenvalue weighted by Crippen LogP contribution is 2.23. The van der Waals surface area contributed by atoms with E-state index >= 15 is 0 Å². The van der Waals surface area contributed by atoms with Crippen molar-refractivity contribution in [1.29, 1.82) is 0 Å². The van der Waals surface area contributed by atoms with E-state index in [0.717, 1.165) is 11.1 Å². The van der Waals surface area contributed by atoms with Gasteiger partial charge in [-0.2, -0.15) is 5.10 Å². The molecule has 0 saturated heterocycles. The maximum atomic E-state index is 12.7. The van der Waals surface area contributed by atoms with E-state index in [1.165, 1.54) is 0 Å². The Morgan fingerprint density at radius 2 is 1.63 bits per heavy atom. The monoisotopic (exact) mass is 418 g/mol. The molecule has 150 valence electrons. The summed E-state index contributed by atoms with van der Waals surface area (Å²) in [6.45, 7) is 0.336. The standard InChI is InChI=1S/C22H18N4O3S/c23-22(27)20-13-21(17-5-4-12-24-14-17)26(25-20)15-16-8-10-19(11-9-16)30(28,29)18-6-2-1-3-7-18/h1-14H,15H2,(H2,23,27). The molecule has 4 rings (SSSR count). The van der Waals surface area contributed by atoms with E-state index in [4.69, 9.17) is 5.73 Å². The first-order valence-corrected chi connectivity index (χ1v) is 10.6. The predicted octanol–water partition coefficient (Wildman–Crippen LogP) is 2.93. The average Bonchev–Trinajstić information content (AvgIpc) is 3.19. The van der Waals surface area contributed by atoms with Gasteiger partial charge in [-0.1, -0.05) is 30.3 Å². The number of rotatable bonds is 6. The normalized spacial score (nSPS) is 11.3. The van der Waals surface area contributed by atoms with E-state index in [2.05, 4.69) is 10.1 Å².